The van der Waals surface area contributed by atoms with Gasteiger partial charge in [0.15, 0.2) is 0 Å². The number of thiophene rings is 1. The van der Waals surface area contributed by atoms with Crippen molar-refractivity contribution >= 4 is 50.0 Å². The van der Waals surface area contributed by atoms with Crippen LogP contribution in [-0.2, 0) is 11.3 Å². The van der Waals surface area contributed by atoms with Crippen molar-refractivity contribution in [3.63, 3.8) is 0 Å². The van der Waals surface area contributed by atoms with E-state index >= 15 is 0 Å². The molecule has 206 valence electrons. The molecule has 4 aromatic heterocycles. The molecule has 0 atom stereocenters. The van der Waals surface area contributed by atoms with Gasteiger partial charge in [-0.1, -0.05) is 11.6 Å². The molecule has 0 bridgehead atoms. The van der Waals surface area contributed by atoms with Gasteiger partial charge in [-0.15, -0.1) is 11.3 Å². The normalized spacial score (nSPS) is 13.3. The van der Waals surface area contributed by atoms with Crippen molar-refractivity contribution in [2.45, 2.75) is 26.3 Å². The highest BCUT2D eigenvalue weighted by Gasteiger charge is 2.27. The Bertz CT molecular complexity index is 1980. The summed E-state index contributed by atoms with van der Waals surface area (Å²) in [7, 11) is 0. The number of carboxylic acid groups (broad SMARTS) is 1. The molecule has 0 radical (unpaired) electrons. The van der Waals surface area contributed by atoms with Crippen LogP contribution < -0.4 is 10.3 Å². The van der Waals surface area contributed by atoms with Gasteiger partial charge < -0.3 is 14.6 Å². The summed E-state index contributed by atoms with van der Waals surface area (Å²) in [6.45, 7) is 4.84. The third-order valence-corrected chi connectivity index (χ3v) is 8.27. The van der Waals surface area contributed by atoms with Crippen LogP contribution in [0.1, 0.15) is 39.1 Å². The van der Waals surface area contributed by atoms with Crippen LogP contribution in [0.5, 0.6) is 5.75 Å². The van der Waals surface area contributed by atoms with Gasteiger partial charge in [0.25, 0.3) is 5.56 Å². The number of hydrogen-bond acceptors (Lipinski definition) is 9. The van der Waals surface area contributed by atoms with Crippen LogP contribution in [0.2, 0.25) is 5.02 Å². The van der Waals surface area contributed by atoms with Gasteiger partial charge in [-0.05, 0) is 38.1 Å². The van der Waals surface area contributed by atoms with Gasteiger partial charge in [0.05, 0.1) is 58.1 Å². The fourth-order valence-corrected chi connectivity index (χ4v) is 6.15. The molecule has 1 aliphatic rings. The second-order valence-electron chi connectivity index (χ2n) is 9.68. The number of hydrogen-bond donors (Lipinski definition) is 1. The minimum absolute atomic E-state index is 0.0391. The Hall–Kier alpha value is -4.37. The van der Waals surface area contributed by atoms with Gasteiger partial charge in [-0.3, -0.25) is 19.3 Å². The Morgan fingerprint density at radius 3 is 2.76 bits per heavy atom. The van der Waals surface area contributed by atoms with Crippen LogP contribution in [0.3, 0.4) is 0 Å². The highest BCUT2D eigenvalue weighted by atomic mass is 35.5. The Morgan fingerprint density at radius 1 is 1.24 bits per heavy atom. The summed E-state index contributed by atoms with van der Waals surface area (Å²) in [6, 6.07) is 9.14. The fourth-order valence-electron chi connectivity index (χ4n) is 4.96. The summed E-state index contributed by atoms with van der Waals surface area (Å²) in [5.41, 5.74) is 3.56. The Balaban J connectivity index is 1.35. The zero-order chi connectivity index (χ0) is 28.8. The van der Waals surface area contributed by atoms with Crippen LogP contribution in [-0.4, -0.2) is 50.4 Å². The molecule has 1 saturated heterocycles. The molecular formula is C29H22ClN5O5S. The lowest BCUT2D eigenvalue weighted by Gasteiger charge is -2.26. The van der Waals surface area contributed by atoms with E-state index in [9.17, 15) is 20.0 Å². The number of fused-ring (bicyclic) bond motifs is 2. The number of pyridine rings is 2. The maximum absolute atomic E-state index is 13.6. The maximum atomic E-state index is 13.6. The van der Waals surface area contributed by atoms with Gasteiger partial charge in [-0.25, -0.2) is 9.78 Å². The molecule has 5 aromatic rings. The summed E-state index contributed by atoms with van der Waals surface area (Å²) in [6.07, 6.45) is 1.42. The number of rotatable bonds is 7. The molecule has 10 nitrogen and oxygen atoms in total. The topological polar surface area (TPSA) is 140 Å². The zero-order valence-corrected chi connectivity index (χ0v) is 23.5. The molecule has 1 aliphatic heterocycles. The third kappa shape index (κ3) is 4.70. The summed E-state index contributed by atoms with van der Waals surface area (Å²) >= 11 is 7.65. The first-order chi connectivity index (χ1) is 19.8. The van der Waals surface area contributed by atoms with Crippen LogP contribution in [0.4, 0.5) is 0 Å². The van der Waals surface area contributed by atoms with E-state index in [1.807, 2.05) is 6.07 Å². The number of nitriles is 1. The first kappa shape index (κ1) is 26.8. The van der Waals surface area contributed by atoms with Crippen LogP contribution in [0.15, 0.2) is 40.6 Å². The van der Waals surface area contributed by atoms with E-state index in [1.54, 1.807) is 37.4 Å². The van der Waals surface area contributed by atoms with Crippen molar-refractivity contribution in [3.8, 4) is 22.9 Å². The quantitative estimate of drug-likeness (QED) is 0.275. The molecule has 1 fully saturated rings. The number of aryl methyl sites for hydroxylation is 2. The van der Waals surface area contributed by atoms with E-state index in [1.165, 1.54) is 22.1 Å². The number of carboxylic acids is 1. The highest BCUT2D eigenvalue weighted by Crippen LogP contribution is 2.40. The molecule has 0 saturated carbocycles. The van der Waals surface area contributed by atoms with E-state index < -0.39 is 5.97 Å². The molecule has 41 heavy (non-hydrogen) atoms. The Labute approximate surface area is 242 Å². The van der Waals surface area contributed by atoms with Crippen molar-refractivity contribution < 1.29 is 19.4 Å². The largest absolute Gasteiger partial charge is 0.491 e. The minimum atomic E-state index is -1.05. The second kappa shape index (κ2) is 10.6. The van der Waals surface area contributed by atoms with Gasteiger partial charge in [0.2, 0.25) is 0 Å². The molecule has 12 heteroatoms. The van der Waals surface area contributed by atoms with Crippen molar-refractivity contribution in [3.05, 3.63) is 79.6 Å². The fraction of sp³-hybridized carbons (Fsp3) is 0.241. The number of nitrogens with zero attached hydrogens (tertiary/aromatic N) is 5. The van der Waals surface area contributed by atoms with E-state index in [0.29, 0.717) is 62.5 Å². The predicted octanol–water partition coefficient (Wildman–Crippen LogP) is 5.10. The Kier molecular flexibility index (Phi) is 6.91. The number of aromatic nitrogens is 4. The monoisotopic (exact) mass is 587 g/mol. The van der Waals surface area contributed by atoms with Gasteiger partial charge in [0.1, 0.15) is 29.8 Å². The molecule has 1 aromatic carbocycles. The van der Waals surface area contributed by atoms with Crippen molar-refractivity contribution in [2.75, 3.05) is 19.8 Å². The lowest BCUT2D eigenvalue weighted by molar-refractivity contribution is 0.00726. The first-order valence-corrected chi connectivity index (χ1v) is 13.9. The number of halogens is 1. The van der Waals surface area contributed by atoms with E-state index in [2.05, 4.69) is 21.0 Å². The number of aromatic carboxylic acids is 1. The van der Waals surface area contributed by atoms with Crippen LogP contribution in [0.25, 0.3) is 32.2 Å². The smallest absolute Gasteiger partial charge is 0.338 e. The van der Waals surface area contributed by atoms with Gasteiger partial charge in [-0.2, -0.15) is 5.26 Å². The third-order valence-electron chi connectivity index (χ3n) is 7.04. The first-order valence-electron chi connectivity index (χ1n) is 12.7. The van der Waals surface area contributed by atoms with Crippen LogP contribution in [0, 0.1) is 25.2 Å². The molecule has 5 heterocycles. The SMILES string of the molecule is Cc1cc(-c2cc(Cl)ccc2OCCn2c(C)nc3c(C4COC4)ncc(C#N)c3c2=O)c2scc(C(=O)O)c2n1. The maximum Gasteiger partial charge on any atom is 0.338 e. The van der Waals surface area contributed by atoms with E-state index in [4.69, 9.17) is 21.1 Å². The molecule has 0 amide bonds. The lowest BCUT2D eigenvalue weighted by Crippen LogP contribution is -2.30. The van der Waals surface area contributed by atoms with E-state index in [0.717, 1.165) is 5.56 Å². The summed E-state index contributed by atoms with van der Waals surface area (Å²) in [5.74, 6) is -0.0133. The minimum Gasteiger partial charge on any atom is -0.491 e. The molecular weight excluding hydrogens is 566 g/mol. The summed E-state index contributed by atoms with van der Waals surface area (Å²) in [5, 5.41) is 21.6. The van der Waals surface area contributed by atoms with Crippen molar-refractivity contribution in [1.29, 1.82) is 5.26 Å². The van der Waals surface area contributed by atoms with Crippen molar-refractivity contribution in [1.82, 2.24) is 19.5 Å². The molecule has 6 rings (SSSR count). The molecule has 1 N–H and O–H groups in total. The molecule has 0 aliphatic carbocycles. The van der Waals surface area contributed by atoms with Gasteiger partial charge >= 0.3 is 5.97 Å². The Morgan fingerprint density at radius 2 is 2.05 bits per heavy atom. The van der Waals surface area contributed by atoms with E-state index in [-0.39, 0.29) is 41.1 Å². The zero-order valence-electron chi connectivity index (χ0n) is 22.0. The second-order valence-corrected chi connectivity index (χ2v) is 11.0. The summed E-state index contributed by atoms with van der Waals surface area (Å²) in [4.78, 5) is 38.9. The number of benzene rings is 1. The average molecular weight is 588 g/mol. The molecule has 0 unspecified atom stereocenters. The summed E-state index contributed by atoms with van der Waals surface area (Å²) < 4.78 is 13.7. The number of ether oxygens (including phenoxy) is 2. The molecule has 0 spiro atoms. The van der Waals surface area contributed by atoms with Crippen LogP contribution >= 0.6 is 22.9 Å². The van der Waals surface area contributed by atoms with Gasteiger partial charge in [0, 0.05) is 33.4 Å². The predicted molar refractivity (Wildman–Crippen MR) is 154 cm³/mol. The number of carbonyl (C=O) groups is 1. The lowest BCUT2D eigenvalue weighted by atomic mass is 9.99. The van der Waals surface area contributed by atoms with Crippen molar-refractivity contribution in [2.24, 2.45) is 0 Å². The highest BCUT2D eigenvalue weighted by molar-refractivity contribution is 7.18. The standard InChI is InChI=1S/C29H22ClN5O5S/c1-14-7-20(27-25(33-14)21(13-41-27)29(37)38)19-8-18(30)3-4-22(19)40-6-5-35-15(2)34-26-23(28(35)36)16(9-31)10-32-24(26)17-11-39-12-17/h3-4,7-8,10,13,17H,5-6,11-12H2,1-2H3,(H,37,38). The average Bonchev–Trinajstić information content (AvgIpc) is 3.34.